The molecule has 0 aliphatic carbocycles. The molecule has 1 fully saturated rings. The van der Waals surface area contributed by atoms with Gasteiger partial charge < -0.3 is 10.1 Å². The molecule has 72 valence electrons. The van der Waals surface area contributed by atoms with Crippen molar-refractivity contribution in [2.24, 2.45) is 0 Å². The average Bonchev–Trinajstić information content (AvgIpc) is 2.50. The summed E-state index contributed by atoms with van der Waals surface area (Å²) in [4.78, 5) is 0. The van der Waals surface area contributed by atoms with E-state index in [1.54, 1.807) is 0 Å². The van der Waals surface area contributed by atoms with Gasteiger partial charge in [0, 0.05) is 19.2 Å². The molecule has 0 saturated carbocycles. The molecule has 0 unspecified atom stereocenters. The molecular formula is C10H21NO. The second-order valence-electron chi connectivity index (χ2n) is 3.62. The molecule has 0 spiro atoms. The van der Waals surface area contributed by atoms with Crippen molar-refractivity contribution in [1.29, 1.82) is 0 Å². The first-order chi connectivity index (χ1) is 5.86. The highest BCUT2D eigenvalue weighted by Gasteiger charge is 2.23. The first-order valence-electron chi connectivity index (χ1n) is 5.21. The van der Waals surface area contributed by atoms with Crippen molar-refractivity contribution < 1.29 is 4.74 Å². The largest absolute Gasteiger partial charge is 0.377 e. The fourth-order valence-electron chi connectivity index (χ4n) is 1.76. The molecule has 1 saturated heterocycles. The maximum atomic E-state index is 5.67. The van der Waals surface area contributed by atoms with Crippen molar-refractivity contribution >= 4 is 0 Å². The van der Waals surface area contributed by atoms with Gasteiger partial charge >= 0.3 is 0 Å². The van der Waals surface area contributed by atoms with Gasteiger partial charge in [-0.25, -0.2) is 0 Å². The van der Waals surface area contributed by atoms with Gasteiger partial charge in [-0.15, -0.1) is 0 Å². The van der Waals surface area contributed by atoms with Crippen molar-refractivity contribution in [2.45, 2.75) is 51.7 Å². The van der Waals surface area contributed by atoms with Gasteiger partial charge in [0.05, 0.1) is 6.10 Å². The summed E-state index contributed by atoms with van der Waals surface area (Å²) >= 11 is 0. The van der Waals surface area contributed by atoms with Gasteiger partial charge in [0.2, 0.25) is 0 Å². The molecule has 1 rings (SSSR count). The van der Waals surface area contributed by atoms with E-state index >= 15 is 0 Å². The topological polar surface area (TPSA) is 21.3 Å². The molecule has 2 heteroatoms. The summed E-state index contributed by atoms with van der Waals surface area (Å²) in [5.74, 6) is 0. The molecule has 0 radical (unpaired) electrons. The van der Waals surface area contributed by atoms with E-state index in [1.165, 1.54) is 19.3 Å². The molecule has 1 heterocycles. The van der Waals surface area contributed by atoms with Gasteiger partial charge in [0.15, 0.2) is 0 Å². The number of hydrogen-bond acceptors (Lipinski definition) is 2. The Morgan fingerprint density at radius 3 is 2.83 bits per heavy atom. The molecule has 0 aromatic heterocycles. The lowest BCUT2D eigenvalue weighted by Crippen LogP contribution is -2.21. The minimum absolute atomic E-state index is 0.487. The van der Waals surface area contributed by atoms with Crippen molar-refractivity contribution in [3.8, 4) is 0 Å². The normalized spacial score (nSPS) is 29.5. The van der Waals surface area contributed by atoms with Crippen molar-refractivity contribution in [3.05, 3.63) is 0 Å². The Morgan fingerprint density at radius 1 is 1.33 bits per heavy atom. The second kappa shape index (κ2) is 5.55. The monoisotopic (exact) mass is 171 g/mol. The van der Waals surface area contributed by atoms with Crippen LogP contribution in [0.1, 0.15) is 39.5 Å². The molecule has 0 aromatic carbocycles. The Balaban J connectivity index is 2.08. The standard InChI is InChI=1S/C10H21NO/c1-3-5-9-7-10(8-11-9)12-6-4-2/h9-11H,3-8H2,1-2H3/t9-,10+/m0/s1. The Morgan fingerprint density at radius 2 is 2.17 bits per heavy atom. The summed E-state index contributed by atoms with van der Waals surface area (Å²) in [5.41, 5.74) is 0. The lowest BCUT2D eigenvalue weighted by molar-refractivity contribution is 0.0657. The van der Waals surface area contributed by atoms with Crippen LogP contribution in [0.5, 0.6) is 0 Å². The van der Waals surface area contributed by atoms with Crippen LogP contribution in [-0.2, 0) is 4.74 Å². The zero-order chi connectivity index (χ0) is 8.81. The highest BCUT2D eigenvalue weighted by molar-refractivity contribution is 4.81. The highest BCUT2D eigenvalue weighted by Crippen LogP contribution is 2.14. The third-order valence-corrected chi connectivity index (χ3v) is 2.38. The molecule has 1 aliphatic rings. The van der Waals surface area contributed by atoms with Crippen LogP contribution in [0.3, 0.4) is 0 Å². The van der Waals surface area contributed by atoms with Gasteiger partial charge in [0.25, 0.3) is 0 Å². The molecule has 1 aliphatic heterocycles. The molecule has 2 atom stereocenters. The Kier molecular flexibility index (Phi) is 4.62. The summed E-state index contributed by atoms with van der Waals surface area (Å²) in [5, 5.41) is 3.49. The smallest absolute Gasteiger partial charge is 0.0714 e. The lowest BCUT2D eigenvalue weighted by Gasteiger charge is -2.09. The number of rotatable bonds is 5. The van der Waals surface area contributed by atoms with E-state index in [0.29, 0.717) is 6.10 Å². The van der Waals surface area contributed by atoms with E-state index in [4.69, 9.17) is 4.74 Å². The third-order valence-electron chi connectivity index (χ3n) is 2.38. The summed E-state index contributed by atoms with van der Waals surface area (Å²) in [6, 6.07) is 0.719. The summed E-state index contributed by atoms with van der Waals surface area (Å²) in [7, 11) is 0. The van der Waals surface area contributed by atoms with Crippen molar-refractivity contribution in [3.63, 3.8) is 0 Å². The average molecular weight is 171 g/mol. The Bertz CT molecular complexity index is 116. The van der Waals surface area contributed by atoms with E-state index in [2.05, 4.69) is 19.2 Å². The molecule has 0 bridgehead atoms. The maximum absolute atomic E-state index is 5.67. The maximum Gasteiger partial charge on any atom is 0.0714 e. The van der Waals surface area contributed by atoms with E-state index in [-0.39, 0.29) is 0 Å². The van der Waals surface area contributed by atoms with Gasteiger partial charge in [-0.2, -0.15) is 0 Å². The zero-order valence-electron chi connectivity index (χ0n) is 8.31. The number of ether oxygens (including phenoxy) is 1. The molecule has 12 heavy (non-hydrogen) atoms. The van der Waals surface area contributed by atoms with Crippen LogP contribution < -0.4 is 5.32 Å². The first kappa shape index (κ1) is 10.0. The van der Waals surface area contributed by atoms with Crippen LogP contribution >= 0.6 is 0 Å². The van der Waals surface area contributed by atoms with Crippen LogP contribution in [0.2, 0.25) is 0 Å². The third kappa shape index (κ3) is 3.11. The van der Waals surface area contributed by atoms with Crippen molar-refractivity contribution in [1.82, 2.24) is 5.32 Å². The van der Waals surface area contributed by atoms with E-state index in [1.807, 2.05) is 0 Å². The fraction of sp³-hybridized carbons (Fsp3) is 1.00. The molecule has 1 N–H and O–H groups in total. The van der Waals surface area contributed by atoms with E-state index in [0.717, 1.165) is 25.6 Å². The van der Waals surface area contributed by atoms with Gasteiger partial charge in [-0.05, 0) is 19.3 Å². The lowest BCUT2D eigenvalue weighted by atomic mass is 10.1. The van der Waals surface area contributed by atoms with Crippen LogP contribution in [0.25, 0.3) is 0 Å². The highest BCUT2D eigenvalue weighted by atomic mass is 16.5. The summed E-state index contributed by atoms with van der Waals surface area (Å²) < 4.78 is 5.67. The van der Waals surface area contributed by atoms with Crippen LogP contribution in [0.4, 0.5) is 0 Å². The molecule has 2 nitrogen and oxygen atoms in total. The minimum Gasteiger partial charge on any atom is -0.377 e. The van der Waals surface area contributed by atoms with Crippen LogP contribution in [-0.4, -0.2) is 25.3 Å². The molecular weight excluding hydrogens is 150 g/mol. The Hall–Kier alpha value is -0.0800. The molecule has 0 amide bonds. The van der Waals surface area contributed by atoms with Gasteiger partial charge in [-0.3, -0.25) is 0 Å². The second-order valence-corrected chi connectivity index (χ2v) is 3.62. The van der Waals surface area contributed by atoms with E-state index in [9.17, 15) is 0 Å². The van der Waals surface area contributed by atoms with E-state index < -0.39 is 0 Å². The van der Waals surface area contributed by atoms with Crippen molar-refractivity contribution in [2.75, 3.05) is 13.2 Å². The number of nitrogens with one attached hydrogen (secondary N) is 1. The predicted molar refractivity (Wildman–Crippen MR) is 51.3 cm³/mol. The van der Waals surface area contributed by atoms with Crippen LogP contribution in [0, 0.1) is 0 Å². The SMILES string of the molecule is CCCO[C@H]1CN[C@@H](CCC)C1. The quantitative estimate of drug-likeness (QED) is 0.682. The molecule has 0 aromatic rings. The zero-order valence-corrected chi connectivity index (χ0v) is 8.31. The predicted octanol–water partition coefficient (Wildman–Crippen LogP) is 1.94. The Labute approximate surface area is 75.7 Å². The fourth-order valence-corrected chi connectivity index (χ4v) is 1.76. The minimum atomic E-state index is 0.487. The van der Waals surface area contributed by atoms with Crippen LogP contribution in [0.15, 0.2) is 0 Å². The first-order valence-corrected chi connectivity index (χ1v) is 5.21. The summed E-state index contributed by atoms with van der Waals surface area (Å²) in [6.45, 7) is 6.38. The number of hydrogen-bond donors (Lipinski definition) is 1. The summed E-state index contributed by atoms with van der Waals surface area (Å²) in [6.07, 6.45) is 5.41. The van der Waals surface area contributed by atoms with Gasteiger partial charge in [-0.1, -0.05) is 20.3 Å². The van der Waals surface area contributed by atoms with Gasteiger partial charge in [0.1, 0.15) is 0 Å².